The van der Waals surface area contributed by atoms with Crippen molar-refractivity contribution in [2.24, 2.45) is 5.92 Å². The van der Waals surface area contributed by atoms with Gasteiger partial charge in [0.25, 0.3) is 0 Å². The molecule has 90 valence electrons. The second kappa shape index (κ2) is 5.18. The molecule has 0 aromatic heterocycles. The summed E-state index contributed by atoms with van der Waals surface area (Å²) in [6.07, 6.45) is 4.61. The van der Waals surface area contributed by atoms with E-state index in [1.807, 2.05) is 6.07 Å². The Morgan fingerprint density at radius 2 is 2.12 bits per heavy atom. The zero-order valence-corrected chi connectivity index (χ0v) is 9.95. The highest BCUT2D eigenvalue weighted by molar-refractivity contribution is 5.36. The molecule has 0 N–H and O–H groups in total. The number of halogens is 1. The average molecular weight is 233 g/mol. The molecule has 1 fully saturated rings. The summed E-state index contributed by atoms with van der Waals surface area (Å²) in [5.41, 5.74) is 0.326. The topological polar surface area (TPSA) is 33.0 Å². The van der Waals surface area contributed by atoms with Crippen molar-refractivity contribution in [2.45, 2.75) is 38.7 Å². The van der Waals surface area contributed by atoms with E-state index in [4.69, 9.17) is 10.00 Å². The minimum absolute atomic E-state index is 0.103. The van der Waals surface area contributed by atoms with Gasteiger partial charge in [-0.1, -0.05) is 13.3 Å². The van der Waals surface area contributed by atoms with E-state index in [0.29, 0.717) is 11.5 Å². The molecule has 0 bridgehead atoms. The van der Waals surface area contributed by atoms with E-state index >= 15 is 0 Å². The summed E-state index contributed by atoms with van der Waals surface area (Å²) >= 11 is 0. The number of ether oxygens (including phenoxy) is 1. The Morgan fingerprint density at radius 1 is 1.35 bits per heavy atom. The molecule has 0 radical (unpaired) electrons. The fraction of sp³-hybridized carbons (Fsp3) is 0.500. The van der Waals surface area contributed by atoms with E-state index in [1.54, 1.807) is 12.1 Å². The monoisotopic (exact) mass is 233 g/mol. The maximum atomic E-state index is 13.6. The molecule has 2 unspecified atom stereocenters. The minimum atomic E-state index is -0.443. The molecule has 0 amide bonds. The van der Waals surface area contributed by atoms with Crippen molar-refractivity contribution in [3.05, 3.63) is 29.6 Å². The van der Waals surface area contributed by atoms with Crippen LogP contribution in [0.2, 0.25) is 0 Å². The van der Waals surface area contributed by atoms with E-state index in [9.17, 15) is 4.39 Å². The normalized spacial score (nSPS) is 24.1. The van der Waals surface area contributed by atoms with Crippen molar-refractivity contribution in [3.63, 3.8) is 0 Å². The van der Waals surface area contributed by atoms with Crippen molar-refractivity contribution in [1.82, 2.24) is 0 Å². The van der Waals surface area contributed by atoms with Gasteiger partial charge in [-0.2, -0.15) is 5.26 Å². The molecular weight excluding hydrogens is 217 g/mol. The largest absolute Gasteiger partial charge is 0.487 e. The third-order valence-corrected chi connectivity index (χ3v) is 3.37. The number of nitriles is 1. The first-order chi connectivity index (χ1) is 8.20. The highest BCUT2D eigenvalue weighted by Crippen LogP contribution is 2.29. The van der Waals surface area contributed by atoms with Crippen LogP contribution < -0.4 is 4.74 Å². The third-order valence-electron chi connectivity index (χ3n) is 3.37. The van der Waals surface area contributed by atoms with Gasteiger partial charge < -0.3 is 4.74 Å². The molecule has 2 nitrogen and oxygen atoms in total. The van der Waals surface area contributed by atoms with Crippen molar-refractivity contribution < 1.29 is 9.13 Å². The molecule has 3 heteroatoms. The maximum absolute atomic E-state index is 13.6. The maximum Gasteiger partial charge on any atom is 0.166 e. The van der Waals surface area contributed by atoms with E-state index in [0.717, 1.165) is 19.3 Å². The number of hydrogen-bond donors (Lipinski definition) is 0. The lowest BCUT2D eigenvalue weighted by molar-refractivity contribution is 0.0980. The van der Waals surface area contributed by atoms with Gasteiger partial charge in [0, 0.05) is 0 Å². The van der Waals surface area contributed by atoms with E-state index < -0.39 is 5.82 Å². The van der Waals surface area contributed by atoms with Crippen LogP contribution >= 0.6 is 0 Å². The molecular formula is C14H16FNO. The van der Waals surface area contributed by atoms with Crippen LogP contribution in [-0.4, -0.2) is 6.10 Å². The summed E-state index contributed by atoms with van der Waals surface area (Å²) in [6.45, 7) is 2.14. The van der Waals surface area contributed by atoms with Gasteiger partial charge in [0.2, 0.25) is 0 Å². The molecule has 2 atom stereocenters. The molecule has 2 rings (SSSR count). The van der Waals surface area contributed by atoms with Crippen LogP contribution in [0.25, 0.3) is 0 Å². The van der Waals surface area contributed by atoms with Crippen LogP contribution in [0.1, 0.15) is 38.2 Å². The van der Waals surface area contributed by atoms with Crippen molar-refractivity contribution in [3.8, 4) is 11.8 Å². The SMILES string of the molecule is CC1CCCCC1Oc1ccc(C#N)cc1F. The van der Waals surface area contributed by atoms with E-state index in [-0.39, 0.29) is 11.9 Å². The van der Waals surface area contributed by atoms with Crippen LogP contribution in [0.15, 0.2) is 18.2 Å². The molecule has 1 aromatic carbocycles. The van der Waals surface area contributed by atoms with E-state index in [2.05, 4.69) is 6.92 Å². The highest BCUT2D eigenvalue weighted by Gasteiger charge is 2.23. The fourth-order valence-corrected chi connectivity index (χ4v) is 2.29. The first kappa shape index (κ1) is 11.9. The Balaban J connectivity index is 2.10. The van der Waals surface area contributed by atoms with Gasteiger partial charge in [-0.25, -0.2) is 4.39 Å². The Kier molecular flexibility index (Phi) is 3.63. The van der Waals surface area contributed by atoms with Gasteiger partial charge in [-0.3, -0.25) is 0 Å². The summed E-state index contributed by atoms with van der Waals surface area (Å²) in [5, 5.41) is 8.66. The van der Waals surface area contributed by atoms with Crippen LogP contribution in [0.4, 0.5) is 4.39 Å². The molecule has 0 saturated heterocycles. The van der Waals surface area contributed by atoms with Gasteiger partial charge in [-0.05, 0) is 43.4 Å². The summed E-state index contributed by atoms with van der Waals surface area (Å²) in [5.74, 6) is 0.295. The van der Waals surface area contributed by atoms with Crippen molar-refractivity contribution in [2.75, 3.05) is 0 Å². The van der Waals surface area contributed by atoms with Gasteiger partial charge in [0.05, 0.1) is 11.6 Å². The van der Waals surface area contributed by atoms with Gasteiger partial charge >= 0.3 is 0 Å². The molecule has 1 aromatic rings. The smallest absolute Gasteiger partial charge is 0.166 e. The van der Waals surface area contributed by atoms with Gasteiger partial charge in [-0.15, -0.1) is 0 Å². The molecule has 1 aliphatic rings. The third kappa shape index (κ3) is 2.76. The second-order valence-corrected chi connectivity index (χ2v) is 4.68. The number of rotatable bonds is 2. The zero-order chi connectivity index (χ0) is 12.3. The van der Waals surface area contributed by atoms with Gasteiger partial charge in [0.1, 0.15) is 6.10 Å². The number of benzene rings is 1. The van der Waals surface area contributed by atoms with Crippen LogP contribution in [0.3, 0.4) is 0 Å². The first-order valence-corrected chi connectivity index (χ1v) is 6.07. The molecule has 0 heterocycles. The standard InChI is InChI=1S/C14H16FNO/c1-10-4-2-3-5-13(10)17-14-7-6-11(9-16)8-12(14)15/h6-8,10,13H,2-5H2,1H3. The fourth-order valence-electron chi connectivity index (χ4n) is 2.29. The average Bonchev–Trinajstić information content (AvgIpc) is 2.34. The summed E-state index contributed by atoms with van der Waals surface area (Å²) < 4.78 is 19.4. The van der Waals surface area contributed by atoms with Gasteiger partial charge in [0.15, 0.2) is 11.6 Å². The second-order valence-electron chi connectivity index (χ2n) is 4.68. The van der Waals surface area contributed by atoms with Crippen LogP contribution in [-0.2, 0) is 0 Å². The quantitative estimate of drug-likeness (QED) is 0.781. The lowest BCUT2D eigenvalue weighted by atomic mass is 9.88. The summed E-state index contributed by atoms with van der Waals surface area (Å²) in [6, 6.07) is 6.28. The zero-order valence-electron chi connectivity index (χ0n) is 9.95. The van der Waals surface area contributed by atoms with Crippen LogP contribution in [0, 0.1) is 23.1 Å². The molecule has 0 spiro atoms. The first-order valence-electron chi connectivity index (χ1n) is 6.07. The molecule has 0 aliphatic heterocycles. The van der Waals surface area contributed by atoms with Crippen LogP contribution in [0.5, 0.6) is 5.75 Å². The summed E-state index contributed by atoms with van der Waals surface area (Å²) in [7, 11) is 0. The predicted octanol–water partition coefficient (Wildman–Crippen LogP) is 3.65. The lowest BCUT2D eigenvalue weighted by Crippen LogP contribution is -2.28. The minimum Gasteiger partial charge on any atom is -0.487 e. The Morgan fingerprint density at radius 3 is 2.76 bits per heavy atom. The molecule has 1 aliphatic carbocycles. The van der Waals surface area contributed by atoms with Crippen molar-refractivity contribution >= 4 is 0 Å². The Bertz CT molecular complexity index is 438. The lowest BCUT2D eigenvalue weighted by Gasteiger charge is -2.29. The summed E-state index contributed by atoms with van der Waals surface area (Å²) in [4.78, 5) is 0. The highest BCUT2D eigenvalue weighted by atomic mass is 19.1. The Hall–Kier alpha value is -1.56. The molecule has 17 heavy (non-hydrogen) atoms. The van der Waals surface area contributed by atoms with Crippen molar-refractivity contribution in [1.29, 1.82) is 5.26 Å². The van der Waals surface area contributed by atoms with E-state index in [1.165, 1.54) is 12.5 Å². The molecule has 1 saturated carbocycles. The Labute approximate surface area is 101 Å². The number of hydrogen-bond acceptors (Lipinski definition) is 2. The number of nitrogens with zero attached hydrogens (tertiary/aromatic N) is 1. The predicted molar refractivity (Wildman–Crippen MR) is 63.2 cm³/mol.